The molecule has 0 amide bonds. The van der Waals surface area contributed by atoms with Gasteiger partial charge in [-0.3, -0.25) is 0 Å². The molecule has 0 radical (unpaired) electrons. The molecular weight excluding hydrogens is 368 g/mol. The zero-order chi connectivity index (χ0) is 19.1. The Labute approximate surface area is 170 Å². The number of aromatic nitrogens is 2. The van der Waals surface area contributed by atoms with Crippen molar-refractivity contribution in [3.05, 3.63) is 71.5 Å². The predicted molar refractivity (Wildman–Crippen MR) is 115 cm³/mol. The lowest BCUT2D eigenvalue weighted by Crippen LogP contribution is -1.99. The van der Waals surface area contributed by atoms with Crippen LogP contribution in [-0.4, -0.2) is 15.6 Å². The van der Waals surface area contributed by atoms with E-state index in [1.165, 1.54) is 46.4 Å². The molecule has 28 heavy (non-hydrogen) atoms. The van der Waals surface area contributed by atoms with E-state index in [4.69, 9.17) is 16.3 Å². The van der Waals surface area contributed by atoms with Gasteiger partial charge in [-0.25, -0.2) is 0 Å². The molecule has 0 saturated carbocycles. The Bertz CT molecular complexity index is 1120. The molecule has 0 aliphatic carbocycles. The van der Waals surface area contributed by atoms with E-state index in [1.54, 1.807) is 0 Å². The van der Waals surface area contributed by atoms with Crippen molar-refractivity contribution in [1.82, 2.24) is 8.97 Å². The third kappa shape index (κ3) is 2.91. The van der Waals surface area contributed by atoms with E-state index in [1.807, 2.05) is 19.1 Å². The van der Waals surface area contributed by atoms with Crippen molar-refractivity contribution in [3.63, 3.8) is 0 Å². The van der Waals surface area contributed by atoms with E-state index >= 15 is 0 Å². The van der Waals surface area contributed by atoms with E-state index in [-0.39, 0.29) is 0 Å². The third-order valence-corrected chi connectivity index (χ3v) is 5.84. The van der Waals surface area contributed by atoms with Crippen LogP contribution in [0.3, 0.4) is 0 Å². The number of rotatable bonds is 4. The summed E-state index contributed by atoms with van der Waals surface area (Å²) in [6, 6.07) is 16.6. The average Bonchev–Trinajstić information content (AvgIpc) is 3.14. The topological polar surface area (TPSA) is 18.6 Å². The van der Waals surface area contributed by atoms with Gasteiger partial charge >= 0.3 is 0 Å². The molecule has 142 valence electrons. The van der Waals surface area contributed by atoms with Crippen LogP contribution >= 0.6 is 11.6 Å². The Hall–Kier alpha value is -2.65. The number of hydrogen-bond acceptors (Lipinski definition) is 1. The summed E-state index contributed by atoms with van der Waals surface area (Å²) in [7, 11) is 0. The number of halogens is 1. The van der Waals surface area contributed by atoms with Crippen LogP contribution in [0.2, 0.25) is 5.02 Å². The van der Waals surface area contributed by atoms with Crippen molar-refractivity contribution >= 4 is 17.2 Å². The van der Waals surface area contributed by atoms with Crippen molar-refractivity contribution in [2.24, 2.45) is 0 Å². The van der Waals surface area contributed by atoms with Crippen molar-refractivity contribution in [2.75, 3.05) is 6.61 Å². The smallest absolute Gasteiger partial charge is 0.121 e. The lowest BCUT2D eigenvalue weighted by molar-refractivity contribution is 0.340. The van der Waals surface area contributed by atoms with E-state index in [0.717, 1.165) is 23.7 Å². The monoisotopic (exact) mass is 390 g/mol. The summed E-state index contributed by atoms with van der Waals surface area (Å²) in [4.78, 5) is 0. The molecule has 1 aliphatic rings. The highest BCUT2D eigenvalue weighted by Crippen LogP contribution is 2.36. The number of imidazole rings is 1. The fourth-order valence-electron chi connectivity index (χ4n) is 4.31. The molecular formula is C24H23ClN2O. The van der Waals surface area contributed by atoms with Crippen LogP contribution in [0.15, 0.2) is 60.9 Å². The van der Waals surface area contributed by atoms with Gasteiger partial charge in [0.05, 0.1) is 12.3 Å². The maximum atomic E-state index is 6.09. The van der Waals surface area contributed by atoms with Gasteiger partial charge in [-0.05, 0) is 73.7 Å². The summed E-state index contributed by atoms with van der Waals surface area (Å²) >= 11 is 6.09. The summed E-state index contributed by atoms with van der Waals surface area (Å²) in [5.41, 5.74) is 7.82. The predicted octanol–water partition coefficient (Wildman–Crippen LogP) is 6.46. The van der Waals surface area contributed by atoms with E-state index in [0.29, 0.717) is 6.61 Å². The minimum absolute atomic E-state index is 0.691. The second kappa shape index (κ2) is 7.06. The highest BCUT2D eigenvalue weighted by Gasteiger charge is 2.21. The Balaban J connectivity index is 1.64. The van der Waals surface area contributed by atoms with Gasteiger partial charge in [-0.15, -0.1) is 0 Å². The van der Waals surface area contributed by atoms with E-state index in [9.17, 15) is 0 Å². The second-order valence-corrected chi connectivity index (χ2v) is 7.78. The third-order valence-electron chi connectivity index (χ3n) is 5.59. The maximum absolute atomic E-state index is 6.09. The van der Waals surface area contributed by atoms with Crippen LogP contribution in [0.1, 0.15) is 25.3 Å². The van der Waals surface area contributed by atoms with Crippen LogP contribution in [-0.2, 0) is 13.0 Å². The van der Waals surface area contributed by atoms with Crippen molar-refractivity contribution in [1.29, 1.82) is 0 Å². The van der Waals surface area contributed by atoms with Crippen LogP contribution in [0, 0.1) is 0 Å². The van der Waals surface area contributed by atoms with Crippen molar-refractivity contribution in [2.45, 2.75) is 32.7 Å². The summed E-state index contributed by atoms with van der Waals surface area (Å²) in [6.45, 7) is 3.75. The molecule has 0 fully saturated rings. The molecule has 0 spiro atoms. The van der Waals surface area contributed by atoms with Gasteiger partial charge in [0, 0.05) is 35.1 Å². The molecule has 0 saturated heterocycles. The number of aryl methyl sites for hydroxylation is 2. The molecule has 4 heteroatoms. The van der Waals surface area contributed by atoms with Crippen LogP contribution in [0.25, 0.3) is 28.0 Å². The largest absolute Gasteiger partial charge is 0.494 e. The fourth-order valence-corrected chi connectivity index (χ4v) is 4.44. The number of hydrogen-bond donors (Lipinski definition) is 0. The normalized spacial score (nSPS) is 13.6. The van der Waals surface area contributed by atoms with E-state index < -0.39 is 0 Å². The Morgan fingerprint density at radius 3 is 2.43 bits per heavy atom. The van der Waals surface area contributed by atoms with Gasteiger partial charge in [-0.1, -0.05) is 23.7 Å². The van der Waals surface area contributed by atoms with Crippen LogP contribution in [0.4, 0.5) is 0 Å². The Kier molecular flexibility index (Phi) is 4.40. The molecule has 2 aromatic carbocycles. The quantitative estimate of drug-likeness (QED) is 0.391. The Morgan fingerprint density at radius 1 is 0.929 bits per heavy atom. The van der Waals surface area contributed by atoms with Gasteiger partial charge in [0.25, 0.3) is 0 Å². The lowest BCUT2D eigenvalue weighted by Gasteiger charge is -2.09. The first-order chi connectivity index (χ1) is 13.7. The first-order valence-corrected chi connectivity index (χ1v) is 10.3. The molecule has 3 nitrogen and oxygen atoms in total. The zero-order valence-electron chi connectivity index (χ0n) is 16.0. The maximum Gasteiger partial charge on any atom is 0.121 e. The van der Waals surface area contributed by atoms with Gasteiger partial charge in [0.15, 0.2) is 0 Å². The molecule has 2 aromatic heterocycles. The van der Waals surface area contributed by atoms with Gasteiger partial charge in [0.2, 0.25) is 0 Å². The molecule has 5 rings (SSSR count). The fraction of sp³-hybridized carbons (Fsp3) is 0.250. The van der Waals surface area contributed by atoms with Gasteiger partial charge < -0.3 is 13.7 Å². The standard InChI is InChI=1S/C24H23ClN2O/c1-2-28-20-12-8-18(9-13-20)23-16-26-15-22(17-6-10-19(25)11-7-17)21-5-3-4-14-27(23)24(21)26/h6-13,15-16H,2-5,14H2,1H3. The first kappa shape index (κ1) is 17.4. The van der Waals surface area contributed by atoms with E-state index in [2.05, 4.69) is 57.8 Å². The molecule has 3 heterocycles. The molecule has 0 unspecified atom stereocenters. The van der Waals surface area contributed by atoms with Gasteiger partial charge in [-0.2, -0.15) is 0 Å². The average molecular weight is 391 g/mol. The minimum Gasteiger partial charge on any atom is -0.494 e. The SMILES string of the molecule is CCOc1ccc(-c2cn3cc(-c4ccc(Cl)cc4)c4c3n2CCCC4)cc1. The lowest BCUT2D eigenvalue weighted by atomic mass is 10.0. The van der Waals surface area contributed by atoms with Crippen LogP contribution < -0.4 is 4.74 Å². The van der Waals surface area contributed by atoms with Gasteiger partial charge in [0.1, 0.15) is 11.4 Å². The highest BCUT2D eigenvalue weighted by molar-refractivity contribution is 6.30. The molecule has 0 bridgehead atoms. The summed E-state index contributed by atoms with van der Waals surface area (Å²) < 4.78 is 10.4. The van der Waals surface area contributed by atoms with Crippen molar-refractivity contribution < 1.29 is 4.74 Å². The number of nitrogens with zero attached hydrogens (tertiary/aromatic N) is 2. The summed E-state index contributed by atoms with van der Waals surface area (Å²) in [6.07, 6.45) is 8.06. The summed E-state index contributed by atoms with van der Waals surface area (Å²) in [5, 5.41) is 0.778. The zero-order valence-corrected chi connectivity index (χ0v) is 16.7. The van der Waals surface area contributed by atoms with Crippen LogP contribution in [0.5, 0.6) is 5.75 Å². The minimum atomic E-state index is 0.691. The summed E-state index contributed by atoms with van der Waals surface area (Å²) in [5.74, 6) is 0.922. The van der Waals surface area contributed by atoms with Crippen molar-refractivity contribution in [3.8, 4) is 28.1 Å². The highest BCUT2D eigenvalue weighted by atomic mass is 35.5. The first-order valence-electron chi connectivity index (χ1n) is 9.97. The molecule has 0 N–H and O–H groups in total. The second-order valence-electron chi connectivity index (χ2n) is 7.34. The number of ether oxygens (including phenoxy) is 1. The molecule has 4 aromatic rings. The molecule has 0 atom stereocenters. The Morgan fingerprint density at radius 2 is 1.68 bits per heavy atom. The molecule has 1 aliphatic heterocycles. The number of benzene rings is 2.